The number of aromatic nitrogens is 6. The van der Waals surface area contributed by atoms with Crippen LogP contribution in [0.25, 0.3) is 22.2 Å². The van der Waals surface area contributed by atoms with E-state index in [4.69, 9.17) is 20.6 Å². The highest BCUT2D eigenvalue weighted by atomic mass is 16.5. The van der Waals surface area contributed by atoms with Gasteiger partial charge in [0, 0.05) is 25.6 Å². The lowest BCUT2D eigenvalue weighted by Gasteiger charge is -2.46. The first kappa shape index (κ1) is 32.2. The van der Waals surface area contributed by atoms with Crippen molar-refractivity contribution in [2.24, 2.45) is 5.92 Å². The third-order valence-corrected chi connectivity index (χ3v) is 8.99. The summed E-state index contributed by atoms with van der Waals surface area (Å²) in [4.78, 5) is 20.9. The van der Waals surface area contributed by atoms with E-state index in [2.05, 4.69) is 44.2 Å². The van der Waals surface area contributed by atoms with Gasteiger partial charge in [0.15, 0.2) is 11.5 Å². The molecule has 0 amide bonds. The summed E-state index contributed by atoms with van der Waals surface area (Å²) in [6.45, 7) is 3.41. The summed E-state index contributed by atoms with van der Waals surface area (Å²) >= 11 is 0. The van der Waals surface area contributed by atoms with E-state index < -0.39 is 5.41 Å². The van der Waals surface area contributed by atoms with Crippen LogP contribution in [0.5, 0.6) is 0 Å². The molecular weight excluding hydrogens is 566 g/mol. The number of aliphatic hydroxyl groups is 4. The predicted octanol–water partition coefficient (Wildman–Crippen LogP) is 1.37. The second-order valence-corrected chi connectivity index (χ2v) is 12.1. The molecule has 2 aliphatic rings. The molecule has 2 atom stereocenters. The van der Waals surface area contributed by atoms with E-state index in [0.717, 1.165) is 62.5 Å². The summed E-state index contributed by atoms with van der Waals surface area (Å²) in [6, 6.07) is 6.33. The number of aryl methyl sites for hydroxylation is 1. The van der Waals surface area contributed by atoms with Crippen molar-refractivity contribution in [3.05, 3.63) is 42.2 Å². The Morgan fingerprint density at radius 3 is 2.57 bits per heavy atom. The van der Waals surface area contributed by atoms with E-state index in [1.807, 2.05) is 22.8 Å². The highest BCUT2D eigenvalue weighted by Gasteiger charge is 2.38. The lowest BCUT2D eigenvalue weighted by molar-refractivity contribution is -0.0882. The number of anilines is 1. The molecule has 4 aromatic rings. The number of nitrogens with two attached hydrogens (primary N) is 1. The summed E-state index contributed by atoms with van der Waals surface area (Å²) in [5.41, 5.74) is 12.2. The predicted molar refractivity (Wildman–Crippen MR) is 165 cm³/mol. The fourth-order valence-corrected chi connectivity index (χ4v) is 6.28. The molecule has 44 heavy (non-hydrogen) atoms. The lowest BCUT2D eigenvalue weighted by atomic mass is 9.77. The molecule has 14 nitrogen and oxygen atoms in total. The molecule has 1 saturated carbocycles. The summed E-state index contributed by atoms with van der Waals surface area (Å²) in [7, 11) is 1.00. The number of nitrogens with one attached hydrogen (secondary N) is 2. The van der Waals surface area contributed by atoms with Gasteiger partial charge in [0.1, 0.15) is 30.1 Å². The first-order chi connectivity index (χ1) is 21.3. The average molecular weight is 612 g/mol. The highest BCUT2D eigenvalue weighted by Crippen LogP contribution is 2.37. The highest BCUT2D eigenvalue weighted by molar-refractivity contribution is 5.81. The summed E-state index contributed by atoms with van der Waals surface area (Å²) in [5.74, 6) is 1.92. The molecule has 6 rings (SSSR count). The van der Waals surface area contributed by atoms with E-state index in [0.29, 0.717) is 40.5 Å². The largest absolute Gasteiger partial charge is 0.400 e. The number of H-pyrrole nitrogens is 1. The molecule has 0 spiro atoms. The molecule has 1 aliphatic heterocycles. The van der Waals surface area contributed by atoms with Crippen LogP contribution in [0.1, 0.15) is 63.6 Å². The topological polar surface area (TPSA) is 204 Å². The Kier molecular flexibility index (Phi) is 10.1. The van der Waals surface area contributed by atoms with E-state index in [-0.39, 0.29) is 32.3 Å². The summed E-state index contributed by atoms with van der Waals surface area (Å²) in [6.07, 6.45) is 8.79. The average Bonchev–Trinajstić information content (AvgIpc) is 3.76. The monoisotopic (exact) mass is 611 g/mol. The molecule has 1 aliphatic carbocycles. The number of aliphatic hydroxyl groups excluding tert-OH is 4. The number of ether oxygens (including phenoxy) is 1. The summed E-state index contributed by atoms with van der Waals surface area (Å²) < 4.78 is 8.32. The zero-order valence-corrected chi connectivity index (χ0v) is 25.6. The van der Waals surface area contributed by atoms with Gasteiger partial charge in [-0.1, -0.05) is 6.07 Å². The number of nitrogens with zero attached hydrogens (tertiary/aromatic N) is 6. The number of imidazole rings is 2. The van der Waals surface area contributed by atoms with Crippen molar-refractivity contribution < 1.29 is 25.2 Å². The second-order valence-electron chi connectivity index (χ2n) is 12.1. The van der Waals surface area contributed by atoms with Gasteiger partial charge in [-0.15, -0.1) is 0 Å². The maximum atomic E-state index is 9.78. The molecule has 0 bridgehead atoms. The Balaban J connectivity index is 0.00000188. The molecule has 3 aromatic heterocycles. The molecule has 8 N–H and O–H groups in total. The molecule has 1 aromatic carbocycles. The Labute approximate surface area is 256 Å². The smallest absolute Gasteiger partial charge is 0.167 e. The van der Waals surface area contributed by atoms with Crippen LogP contribution in [0, 0.1) is 5.92 Å². The molecule has 14 heteroatoms. The maximum absolute atomic E-state index is 9.78. The van der Waals surface area contributed by atoms with Crippen LogP contribution in [0.2, 0.25) is 0 Å². The third kappa shape index (κ3) is 6.29. The Morgan fingerprint density at radius 1 is 1.11 bits per heavy atom. The normalized spacial score (nSPS) is 22.1. The molecule has 2 fully saturated rings. The van der Waals surface area contributed by atoms with Crippen LogP contribution in [-0.2, 0) is 16.6 Å². The summed E-state index contributed by atoms with van der Waals surface area (Å²) in [5, 5.41) is 38.7. The van der Waals surface area contributed by atoms with Crippen molar-refractivity contribution >= 4 is 28.0 Å². The quantitative estimate of drug-likeness (QED) is 0.114. The van der Waals surface area contributed by atoms with Crippen molar-refractivity contribution in [1.82, 2.24) is 39.9 Å². The molecule has 1 saturated heterocycles. The minimum Gasteiger partial charge on any atom is -0.400 e. The van der Waals surface area contributed by atoms with Crippen LogP contribution >= 0.6 is 0 Å². The van der Waals surface area contributed by atoms with Gasteiger partial charge in [-0.3, -0.25) is 4.57 Å². The van der Waals surface area contributed by atoms with Gasteiger partial charge in [0.05, 0.1) is 42.6 Å². The van der Waals surface area contributed by atoms with Crippen molar-refractivity contribution in [2.75, 3.05) is 32.7 Å². The van der Waals surface area contributed by atoms with Crippen molar-refractivity contribution in [1.29, 1.82) is 0 Å². The minimum absolute atomic E-state index is 0.0882. The molecule has 2 unspecified atom stereocenters. The van der Waals surface area contributed by atoms with Crippen molar-refractivity contribution in [2.45, 2.75) is 82.3 Å². The third-order valence-electron chi connectivity index (χ3n) is 8.99. The van der Waals surface area contributed by atoms with Gasteiger partial charge in [-0.25, -0.2) is 30.4 Å². The maximum Gasteiger partial charge on any atom is 0.167 e. The van der Waals surface area contributed by atoms with Crippen molar-refractivity contribution in [3.63, 3.8) is 0 Å². The van der Waals surface area contributed by atoms with Gasteiger partial charge < -0.3 is 35.9 Å². The fourth-order valence-electron chi connectivity index (χ4n) is 6.28. The van der Waals surface area contributed by atoms with Gasteiger partial charge in [0.2, 0.25) is 0 Å². The number of nitrogen functional groups attached to an aromatic ring is 1. The van der Waals surface area contributed by atoms with Gasteiger partial charge in [-0.2, -0.15) is 0 Å². The van der Waals surface area contributed by atoms with E-state index in [9.17, 15) is 15.3 Å². The number of aromatic amines is 1. The number of benzene rings is 1. The van der Waals surface area contributed by atoms with Crippen LogP contribution in [0.15, 0.2) is 30.9 Å². The molecule has 240 valence electrons. The minimum atomic E-state index is -1.07. The number of hydrogen-bond acceptors (Lipinski definition) is 12. The van der Waals surface area contributed by atoms with Gasteiger partial charge >= 0.3 is 0 Å². The lowest BCUT2D eigenvalue weighted by Crippen LogP contribution is -2.57. The van der Waals surface area contributed by atoms with Crippen LogP contribution < -0.4 is 11.2 Å². The zero-order valence-electron chi connectivity index (χ0n) is 25.6. The SMILES string of the molecule is CC(C)N(NC1CCC(n2cnc3c(N)ncnc32)O1)C1CC(CCc2nc3ccc(C(CO)(CO)CO)cc3[nH]2)C1.CO. The Hall–Kier alpha value is -3.24. The second kappa shape index (κ2) is 13.8. The first-order valence-electron chi connectivity index (χ1n) is 15.2. The van der Waals surface area contributed by atoms with Crippen LogP contribution in [0.4, 0.5) is 5.82 Å². The zero-order chi connectivity index (χ0) is 31.4. The fraction of sp³-hybridized carbons (Fsp3) is 0.600. The van der Waals surface area contributed by atoms with E-state index in [1.165, 1.54) is 6.33 Å². The first-order valence-corrected chi connectivity index (χ1v) is 15.2. The van der Waals surface area contributed by atoms with Gasteiger partial charge in [0.25, 0.3) is 0 Å². The molecule has 0 radical (unpaired) electrons. The Morgan fingerprint density at radius 2 is 1.86 bits per heavy atom. The van der Waals surface area contributed by atoms with Crippen LogP contribution in [-0.4, -0.2) is 100 Å². The number of fused-ring (bicyclic) bond motifs is 2. The standard InChI is InChI=1S/C29H41N9O4.CH4O/c1-17(2)38(36-24-7-8-25(42-24)37-16-33-26-27(30)31-15-32-28(26)37)20-9-18(10-20)3-6-23-34-21-5-4-19(11-22(21)35-23)29(12-39,13-40)14-41;1-2/h4-5,11,15-18,20,24-25,36,39-41H,3,6-10,12-14H2,1-2H3,(H,34,35)(H2,30,31,32);2H,1H3. The van der Waals surface area contributed by atoms with E-state index in [1.54, 1.807) is 6.33 Å². The van der Waals surface area contributed by atoms with Crippen LogP contribution in [0.3, 0.4) is 0 Å². The van der Waals surface area contributed by atoms with E-state index >= 15 is 0 Å². The number of rotatable bonds is 12. The molecule has 4 heterocycles. The Bertz CT molecular complexity index is 1510. The number of hydrazine groups is 1. The van der Waals surface area contributed by atoms with Crippen molar-refractivity contribution in [3.8, 4) is 0 Å². The number of hydrogen-bond donors (Lipinski definition) is 7. The molecular formula is C30H45N9O5. The van der Waals surface area contributed by atoms with Gasteiger partial charge in [-0.05, 0) is 69.6 Å².